The lowest BCUT2D eigenvalue weighted by molar-refractivity contribution is -0.146. The summed E-state index contributed by atoms with van der Waals surface area (Å²) < 4.78 is 0. The average molecular weight is 283 g/mol. The summed E-state index contributed by atoms with van der Waals surface area (Å²) in [5.41, 5.74) is 0. The van der Waals surface area contributed by atoms with Crippen LogP contribution in [0.4, 0.5) is 0 Å². The van der Waals surface area contributed by atoms with Crippen LogP contribution in [-0.4, -0.2) is 60.9 Å². The zero-order valence-corrected chi connectivity index (χ0v) is 13.2. The normalized spacial score (nSPS) is 16.2. The highest BCUT2D eigenvalue weighted by atomic mass is 16.2. The lowest BCUT2D eigenvalue weighted by Crippen LogP contribution is -2.47. The van der Waals surface area contributed by atoms with Crippen LogP contribution in [0.3, 0.4) is 0 Å². The molecule has 0 aromatic rings. The molecule has 1 aliphatic carbocycles. The van der Waals surface area contributed by atoms with E-state index in [1.807, 2.05) is 0 Å². The minimum absolute atomic E-state index is 0.241. The van der Waals surface area contributed by atoms with Gasteiger partial charge in [0.25, 0.3) is 0 Å². The summed E-state index contributed by atoms with van der Waals surface area (Å²) in [6, 6.07) is 0.241. The lowest BCUT2D eigenvalue weighted by Gasteiger charge is -2.30. The van der Waals surface area contributed by atoms with E-state index in [9.17, 15) is 9.59 Å². The van der Waals surface area contributed by atoms with Gasteiger partial charge in [0.15, 0.2) is 0 Å². The molecule has 0 bridgehead atoms. The standard InChI is InChI=1S/C15H29N3O2/c1-4-18(5-2)12-11-16-14(19)15(20)17(3)13-9-7-6-8-10-13/h13H,4-12H2,1-3H3,(H,16,19). The Kier molecular flexibility index (Phi) is 7.59. The molecule has 1 fully saturated rings. The second-order valence-corrected chi connectivity index (χ2v) is 5.49. The Morgan fingerprint density at radius 3 is 2.25 bits per heavy atom. The number of carbonyl (C=O) groups excluding carboxylic acids is 2. The van der Waals surface area contributed by atoms with Crippen molar-refractivity contribution >= 4 is 11.8 Å². The maximum absolute atomic E-state index is 12.1. The van der Waals surface area contributed by atoms with Gasteiger partial charge in [0.2, 0.25) is 0 Å². The first-order valence-corrected chi connectivity index (χ1v) is 7.87. The van der Waals surface area contributed by atoms with Gasteiger partial charge in [0.1, 0.15) is 0 Å². The number of nitrogens with one attached hydrogen (secondary N) is 1. The Hall–Kier alpha value is -1.10. The molecule has 0 aromatic carbocycles. The van der Waals surface area contributed by atoms with Crippen LogP contribution in [-0.2, 0) is 9.59 Å². The van der Waals surface area contributed by atoms with E-state index in [1.54, 1.807) is 11.9 Å². The van der Waals surface area contributed by atoms with Gasteiger partial charge in [-0.05, 0) is 25.9 Å². The zero-order valence-electron chi connectivity index (χ0n) is 13.2. The molecular weight excluding hydrogens is 254 g/mol. The molecule has 0 saturated heterocycles. The van der Waals surface area contributed by atoms with Crippen LogP contribution >= 0.6 is 0 Å². The van der Waals surface area contributed by atoms with Crippen molar-refractivity contribution in [2.24, 2.45) is 0 Å². The van der Waals surface area contributed by atoms with Gasteiger partial charge < -0.3 is 15.1 Å². The largest absolute Gasteiger partial charge is 0.347 e. The van der Waals surface area contributed by atoms with Gasteiger partial charge in [-0.2, -0.15) is 0 Å². The molecule has 1 saturated carbocycles. The van der Waals surface area contributed by atoms with Crippen molar-refractivity contribution in [2.75, 3.05) is 33.2 Å². The van der Waals surface area contributed by atoms with Gasteiger partial charge >= 0.3 is 11.8 Å². The molecule has 116 valence electrons. The van der Waals surface area contributed by atoms with E-state index in [0.717, 1.165) is 45.3 Å². The van der Waals surface area contributed by atoms with Crippen LogP contribution in [0.15, 0.2) is 0 Å². The average Bonchev–Trinajstić information content (AvgIpc) is 2.50. The van der Waals surface area contributed by atoms with Crippen molar-refractivity contribution in [3.63, 3.8) is 0 Å². The van der Waals surface area contributed by atoms with E-state index in [0.29, 0.717) is 6.54 Å². The number of likely N-dealkylation sites (N-methyl/N-ethyl adjacent to an activating group) is 2. The Bertz CT molecular complexity index is 310. The Balaban J connectivity index is 2.32. The number of nitrogens with zero attached hydrogens (tertiary/aromatic N) is 2. The summed E-state index contributed by atoms with van der Waals surface area (Å²) >= 11 is 0. The van der Waals surface area contributed by atoms with E-state index in [2.05, 4.69) is 24.1 Å². The van der Waals surface area contributed by atoms with Gasteiger partial charge in [0, 0.05) is 26.2 Å². The zero-order chi connectivity index (χ0) is 15.0. The molecule has 5 heteroatoms. The minimum Gasteiger partial charge on any atom is -0.347 e. The molecule has 2 amide bonds. The molecule has 0 radical (unpaired) electrons. The predicted molar refractivity (Wildman–Crippen MR) is 80.4 cm³/mol. The van der Waals surface area contributed by atoms with Gasteiger partial charge in [-0.15, -0.1) is 0 Å². The third kappa shape index (κ3) is 5.12. The lowest BCUT2D eigenvalue weighted by atomic mass is 9.94. The summed E-state index contributed by atoms with van der Waals surface area (Å²) in [7, 11) is 1.75. The number of hydrogen-bond acceptors (Lipinski definition) is 3. The third-order valence-electron chi connectivity index (χ3n) is 4.25. The number of rotatable bonds is 6. The summed E-state index contributed by atoms with van der Waals surface area (Å²) in [4.78, 5) is 27.8. The first-order valence-electron chi connectivity index (χ1n) is 7.87. The molecule has 1 rings (SSSR count). The monoisotopic (exact) mass is 283 g/mol. The van der Waals surface area contributed by atoms with Crippen LogP contribution in [0.1, 0.15) is 46.0 Å². The maximum Gasteiger partial charge on any atom is 0.311 e. The highest BCUT2D eigenvalue weighted by molar-refractivity contribution is 6.35. The molecule has 0 aliphatic heterocycles. The van der Waals surface area contributed by atoms with E-state index < -0.39 is 11.8 Å². The molecule has 0 aromatic heterocycles. The first-order chi connectivity index (χ1) is 9.60. The van der Waals surface area contributed by atoms with Gasteiger partial charge in [-0.1, -0.05) is 33.1 Å². The summed E-state index contributed by atoms with van der Waals surface area (Å²) in [5, 5.41) is 2.73. The number of carbonyl (C=O) groups is 2. The predicted octanol–water partition coefficient (Wildman–Crippen LogP) is 1.24. The highest BCUT2D eigenvalue weighted by Crippen LogP contribution is 2.21. The highest BCUT2D eigenvalue weighted by Gasteiger charge is 2.26. The summed E-state index contributed by atoms with van der Waals surface area (Å²) in [6.07, 6.45) is 5.61. The molecule has 0 spiro atoms. The minimum atomic E-state index is -0.467. The van der Waals surface area contributed by atoms with Crippen LogP contribution in [0.25, 0.3) is 0 Å². The fraction of sp³-hybridized carbons (Fsp3) is 0.867. The van der Waals surface area contributed by atoms with Crippen LogP contribution in [0.2, 0.25) is 0 Å². The molecule has 1 N–H and O–H groups in total. The smallest absolute Gasteiger partial charge is 0.311 e. The van der Waals surface area contributed by atoms with Gasteiger partial charge in [-0.25, -0.2) is 0 Å². The molecule has 1 aliphatic rings. The topological polar surface area (TPSA) is 52.7 Å². The van der Waals surface area contributed by atoms with Crippen molar-refractivity contribution in [2.45, 2.75) is 52.0 Å². The Labute approximate surface area is 122 Å². The summed E-state index contributed by atoms with van der Waals surface area (Å²) in [6.45, 7) is 7.43. The molecule has 0 heterocycles. The van der Waals surface area contributed by atoms with E-state index in [-0.39, 0.29) is 6.04 Å². The maximum atomic E-state index is 12.1. The molecule has 0 atom stereocenters. The molecular formula is C15H29N3O2. The van der Waals surface area contributed by atoms with Crippen LogP contribution in [0.5, 0.6) is 0 Å². The fourth-order valence-corrected chi connectivity index (χ4v) is 2.74. The van der Waals surface area contributed by atoms with Crippen molar-refractivity contribution in [1.82, 2.24) is 15.1 Å². The van der Waals surface area contributed by atoms with E-state index in [4.69, 9.17) is 0 Å². The van der Waals surface area contributed by atoms with E-state index >= 15 is 0 Å². The van der Waals surface area contributed by atoms with Gasteiger partial charge in [0.05, 0.1) is 0 Å². The SMILES string of the molecule is CCN(CC)CCNC(=O)C(=O)N(C)C1CCCCC1. The molecule has 0 unspecified atom stereocenters. The quantitative estimate of drug-likeness (QED) is 0.746. The second kappa shape index (κ2) is 8.95. The van der Waals surface area contributed by atoms with Crippen LogP contribution < -0.4 is 5.32 Å². The Morgan fingerprint density at radius 2 is 1.70 bits per heavy atom. The number of amides is 2. The molecule has 20 heavy (non-hydrogen) atoms. The number of hydrogen-bond donors (Lipinski definition) is 1. The van der Waals surface area contributed by atoms with Crippen LogP contribution in [0, 0.1) is 0 Å². The Morgan fingerprint density at radius 1 is 1.10 bits per heavy atom. The van der Waals surface area contributed by atoms with E-state index in [1.165, 1.54) is 6.42 Å². The van der Waals surface area contributed by atoms with Gasteiger partial charge in [-0.3, -0.25) is 9.59 Å². The first kappa shape index (κ1) is 17.0. The second-order valence-electron chi connectivity index (χ2n) is 5.49. The van der Waals surface area contributed by atoms with Crippen molar-refractivity contribution in [1.29, 1.82) is 0 Å². The fourth-order valence-electron chi connectivity index (χ4n) is 2.74. The van der Waals surface area contributed by atoms with Crippen molar-refractivity contribution < 1.29 is 9.59 Å². The van der Waals surface area contributed by atoms with Crippen molar-refractivity contribution in [3.05, 3.63) is 0 Å². The van der Waals surface area contributed by atoms with Crippen molar-refractivity contribution in [3.8, 4) is 0 Å². The third-order valence-corrected chi connectivity index (χ3v) is 4.25. The molecule has 5 nitrogen and oxygen atoms in total. The summed E-state index contributed by atoms with van der Waals surface area (Å²) in [5.74, 6) is -0.860.